The van der Waals surface area contributed by atoms with Crippen LogP contribution in [0.3, 0.4) is 0 Å². The second kappa shape index (κ2) is 12.6. The molecule has 2 heterocycles. The number of nitrogens with one attached hydrogen (secondary N) is 1. The number of hydrogen-bond donors (Lipinski definition) is 2. The molecule has 1 saturated heterocycles. The van der Waals surface area contributed by atoms with Crippen LogP contribution < -0.4 is 27.2 Å². The number of carbonyl (C=O) groups excluding carboxylic acids is 1. The Balaban J connectivity index is 1.53. The number of benzene rings is 2. The lowest BCUT2D eigenvalue weighted by Gasteiger charge is -2.33. The number of nitrogens with zero attached hydrogens (tertiary/aromatic N) is 3. The molecule has 0 bridgehead atoms. The molecule has 0 spiro atoms. The fourth-order valence-corrected chi connectivity index (χ4v) is 4.86. The van der Waals surface area contributed by atoms with Gasteiger partial charge < -0.3 is 16.0 Å². The van der Waals surface area contributed by atoms with E-state index in [4.69, 9.17) is 17.3 Å². The van der Waals surface area contributed by atoms with Crippen molar-refractivity contribution >= 4 is 23.3 Å². The highest BCUT2D eigenvalue weighted by molar-refractivity contribution is 6.30. The van der Waals surface area contributed by atoms with Crippen molar-refractivity contribution in [1.82, 2.24) is 14.5 Å². The van der Waals surface area contributed by atoms with Crippen molar-refractivity contribution in [2.75, 3.05) is 24.5 Å². The molecule has 1 aliphatic heterocycles. The molecule has 3 aromatic rings. The van der Waals surface area contributed by atoms with E-state index in [9.17, 15) is 14.4 Å². The van der Waals surface area contributed by atoms with Crippen molar-refractivity contribution in [3.05, 3.63) is 97.1 Å². The molecule has 8 nitrogen and oxygen atoms in total. The standard InChI is InChI=1S/C29H32ClN5O3/c1-2-3-15-34-26(33-14-6-11-25(31)20-33)18-27(36)35(29(34)38)19-22-8-4-9-23(16-22)28(37)32-13-12-21-7-5-10-24(30)17-21/h4-5,7-10,16-18,25H,6,11-15,19-20,31H2,1H3,(H,32,37)/t25-/m1/s1. The van der Waals surface area contributed by atoms with E-state index >= 15 is 0 Å². The maximum absolute atomic E-state index is 13.5. The fourth-order valence-electron chi connectivity index (χ4n) is 4.65. The molecule has 38 heavy (non-hydrogen) atoms. The molecule has 4 rings (SSSR count). The monoisotopic (exact) mass is 533 g/mol. The Kier molecular flexibility index (Phi) is 9.06. The molecule has 1 aliphatic rings. The number of rotatable bonds is 8. The van der Waals surface area contributed by atoms with Gasteiger partial charge in [0.05, 0.1) is 13.1 Å². The lowest BCUT2D eigenvalue weighted by atomic mass is 10.1. The number of piperidine rings is 1. The zero-order valence-corrected chi connectivity index (χ0v) is 22.2. The molecule has 9 heteroatoms. The van der Waals surface area contributed by atoms with E-state index in [1.54, 1.807) is 31.2 Å². The number of carbonyl (C=O) groups is 1. The Bertz CT molecular complexity index is 1480. The molecule has 2 aromatic carbocycles. The summed E-state index contributed by atoms with van der Waals surface area (Å²) in [6.07, 6.45) is 2.46. The highest BCUT2D eigenvalue weighted by Gasteiger charge is 2.22. The van der Waals surface area contributed by atoms with Crippen molar-refractivity contribution in [1.29, 1.82) is 0 Å². The van der Waals surface area contributed by atoms with Crippen LogP contribution in [0.2, 0.25) is 5.02 Å². The topological polar surface area (TPSA) is 102 Å². The van der Waals surface area contributed by atoms with Crippen LogP contribution in [0.1, 0.15) is 41.3 Å². The molecular formula is C29H32ClN5O3. The van der Waals surface area contributed by atoms with Gasteiger partial charge in [-0.1, -0.05) is 41.8 Å². The van der Waals surface area contributed by atoms with E-state index in [1.165, 1.54) is 15.2 Å². The summed E-state index contributed by atoms with van der Waals surface area (Å²) in [6, 6.07) is 15.9. The van der Waals surface area contributed by atoms with Gasteiger partial charge in [-0.3, -0.25) is 18.7 Å². The third-order valence-electron chi connectivity index (χ3n) is 6.57. The number of hydrogen-bond acceptors (Lipinski definition) is 5. The van der Waals surface area contributed by atoms with Crippen LogP contribution in [-0.2, 0) is 19.5 Å². The number of amides is 1. The summed E-state index contributed by atoms with van der Waals surface area (Å²) in [5.41, 5.74) is 7.47. The lowest BCUT2D eigenvalue weighted by molar-refractivity contribution is 0.0954. The van der Waals surface area contributed by atoms with Gasteiger partial charge in [0.2, 0.25) is 0 Å². The maximum Gasteiger partial charge on any atom is 0.333 e. The van der Waals surface area contributed by atoms with E-state index in [2.05, 4.69) is 17.2 Å². The largest absolute Gasteiger partial charge is 0.356 e. The van der Waals surface area contributed by atoms with E-state index in [0.29, 0.717) is 41.5 Å². The van der Waals surface area contributed by atoms with Crippen LogP contribution in [0.25, 0.3) is 0 Å². The fraction of sp³-hybridized carbons (Fsp3) is 0.345. The molecule has 1 fully saturated rings. The maximum atomic E-state index is 13.5. The van der Waals surface area contributed by atoms with Gasteiger partial charge in [-0.05, 0) is 61.6 Å². The normalized spacial score (nSPS) is 15.0. The molecule has 1 atom stereocenters. The van der Waals surface area contributed by atoms with Crippen molar-refractivity contribution in [2.24, 2.45) is 5.73 Å². The molecule has 0 unspecified atom stereocenters. The van der Waals surface area contributed by atoms with E-state index in [1.807, 2.05) is 29.2 Å². The molecule has 0 radical (unpaired) electrons. The van der Waals surface area contributed by atoms with Gasteiger partial charge in [-0.15, -0.1) is 5.92 Å². The minimum atomic E-state index is -0.439. The Morgan fingerprint density at radius 3 is 2.66 bits per heavy atom. The minimum absolute atomic E-state index is 0.00799. The average molecular weight is 534 g/mol. The Morgan fingerprint density at radius 1 is 1.11 bits per heavy atom. The smallest absolute Gasteiger partial charge is 0.333 e. The quantitative estimate of drug-likeness (QED) is 0.433. The zero-order chi connectivity index (χ0) is 27.1. The Hall–Kier alpha value is -3.80. The number of nitrogens with two attached hydrogens (primary N) is 1. The summed E-state index contributed by atoms with van der Waals surface area (Å²) in [6.45, 7) is 3.69. The first-order valence-corrected chi connectivity index (χ1v) is 13.1. The van der Waals surface area contributed by atoms with Crippen LogP contribution in [-0.4, -0.2) is 40.7 Å². The van der Waals surface area contributed by atoms with Crippen molar-refractivity contribution in [3.63, 3.8) is 0 Å². The number of halogens is 1. The van der Waals surface area contributed by atoms with Gasteiger partial charge in [0.1, 0.15) is 5.82 Å². The molecule has 0 saturated carbocycles. The SMILES string of the molecule is CC#CCn1c(N2CCC[C@@H](N)C2)cc(=O)n(Cc2cccc(C(=O)NCCc3cccc(Cl)c3)c2)c1=O. The predicted octanol–water partition coefficient (Wildman–Crippen LogP) is 2.64. The van der Waals surface area contributed by atoms with Gasteiger partial charge in [-0.2, -0.15) is 0 Å². The third kappa shape index (κ3) is 6.74. The third-order valence-corrected chi connectivity index (χ3v) is 6.81. The summed E-state index contributed by atoms with van der Waals surface area (Å²) < 4.78 is 2.71. The van der Waals surface area contributed by atoms with Gasteiger partial charge in [0.15, 0.2) is 0 Å². The molecule has 1 aromatic heterocycles. The van der Waals surface area contributed by atoms with Crippen LogP contribution in [0.15, 0.2) is 64.2 Å². The van der Waals surface area contributed by atoms with Crippen LogP contribution in [0, 0.1) is 11.8 Å². The van der Waals surface area contributed by atoms with Gasteiger partial charge in [0.25, 0.3) is 11.5 Å². The highest BCUT2D eigenvalue weighted by Crippen LogP contribution is 2.17. The van der Waals surface area contributed by atoms with Crippen molar-refractivity contribution in [2.45, 2.75) is 45.3 Å². The number of aromatic nitrogens is 2. The first-order valence-electron chi connectivity index (χ1n) is 12.7. The van der Waals surface area contributed by atoms with Gasteiger partial charge in [0, 0.05) is 42.3 Å². The Labute approximate surface area is 227 Å². The molecule has 3 N–H and O–H groups in total. The van der Waals surface area contributed by atoms with E-state index in [0.717, 1.165) is 24.9 Å². The minimum Gasteiger partial charge on any atom is -0.356 e. The summed E-state index contributed by atoms with van der Waals surface area (Å²) >= 11 is 6.03. The molecular weight excluding hydrogens is 502 g/mol. The van der Waals surface area contributed by atoms with Crippen LogP contribution >= 0.6 is 11.6 Å². The molecule has 1 amide bonds. The van der Waals surface area contributed by atoms with E-state index < -0.39 is 11.2 Å². The average Bonchev–Trinajstić information content (AvgIpc) is 2.90. The highest BCUT2D eigenvalue weighted by atomic mass is 35.5. The van der Waals surface area contributed by atoms with Crippen LogP contribution in [0.4, 0.5) is 5.82 Å². The molecule has 0 aliphatic carbocycles. The summed E-state index contributed by atoms with van der Waals surface area (Å²) in [4.78, 5) is 41.3. The van der Waals surface area contributed by atoms with Crippen molar-refractivity contribution in [3.8, 4) is 11.8 Å². The zero-order valence-electron chi connectivity index (χ0n) is 21.5. The predicted molar refractivity (Wildman–Crippen MR) is 151 cm³/mol. The van der Waals surface area contributed by atoms with Crippen molar-refractivity contribution < 1.29 is 4.79 Å². The first-order chi connectivity index (χ1) is 18.4. The lowest BCUT2D eigenvalue weighted by Crippen LogP contribution is -2.48. The molecule has 198 valence electrons. The number of anilines is 1. The van der Waals surface area contributed by atoms with Crippen LogP contribution in [0.5, 0.6) is 0 Å². The van der Waals surface area contributed by atoms with Gasteiger partial charge >= 0.3 is 5.69 Å². The summed E-state index contributed by atoms with van der Waals surface area (Å²) in [5, 5.41) is 3.57. The second-order valence-electron chi connectivity index (χ2n) is 9.41. The first kappa shape index (κ1) is 27.2. The van der Waals surface area contributed by atoms with Gasteiger partial charge in [-0.25, -0.2) is 4.79 Å². The summed E-state index contributed by atoms with van der Waals surface area (Å²) in [5.74, 6) is 6.08. The Morgan fingerprint density at radius 2 is 1.89 bits per heavy atom. The summed E-state index contributed by atoms with van der Waals surface area (Å²) in [7, 11) is 0. The second-order valence-corrected chi connectivity index (χ2v) is 9.84. The van der Waals surface area contributed by atoms with E-state index in [-0.39, 0.29) is 25.0 Å².